The molecule has 0 atom stereocenters. The zero-order valence-electron chi connectivity index (χ0n) is 18.8. The molecule has 0 amide bonds. The summed E-state index contributed by atoms with van der Waals surface area (Å²) >= 11 is 6.08. The number of ether oxygens (including phenoxy) is 1. The second-order valence-electron chi connectivity index (χ2n) is 8.61. The normalized spacial score (nSPS) is 14.4. The molecule has 174 valence electrons. The summed E-state index contributed by atoms with van der Waals surface area (Å²) in [7, 11) is 0. The number of rotatable bonds is 6. The van der Waals surface area contributed by atoms with E-state index >= 15 is 0 Å². The fraction of sp³-hybridized carbons (Fsp3) is 0.250. The molecule has 0 aliphatic carbocycles. The summed E-state index contributed by atoms with van der Waals surface area (Å²) in [6, 6.07) is 19.7. The van der Waals surface area contributed by atoms with Crippen LogP contribution in [-0.2, 0) is 0 Å². The molecule has 5 nitrogen and oxygen atoms in total. The summed E-state index contributed by atoms with van der Waals surface area (Å²) in [6.07, 6.45) is 3.82. The van der Waals surface area contributed by atoms with Crippen molar-refractivity contribution in [1.82, 2.24) is 4.90 Å². The van der Waals surface area contributed by atoms with Crippen LogP contribution in [0.3, 0.4) is 0 Å². The van der Waals surface area contributed by atoms with Crippen molar-refractivity contribution in [1.29, 1.82) is 0 Å². The number of phenolic OH excluding ortho intramolecular Hbond substituents is 1. The van der Waals surface area contributed by atoms with Crippen LogP contribution in [0, 0.1) is 0 Å². The number of hydrogen-bond donors (Lipinski definition) is 1. The average molecular weight is 476 g/mol. The molecule has 2 heterocycles. The third kappa shape index (κ3) is 4.81. The van der Waals surface area contributed by atoms with E-state index in [4.69, 9.17) is 20.8 Å². The smallest absolute Gasteiger partial charge is 0.344 e. The van der Waals surface area contributed by atoms with E-state index in [0.717, 1.165) is 41.9 Å². The van der Waals surface area contributed by atoms with Crippen LogP contribution in [0.2, 0.25) is 5.02 Å². The minimum atomic E-state index is -0.480. The fourth-order valence-corrected chi connectivity index (χ4v) is 4.71. The van der Waals surface area contributed by atoms with Crippen LogP contribution in [-0.4, -0.2) is 36.2 Å². The van der Waals surface area contributed by atoms with Crippen molar-refractivity contribution in [2.24, 2.45) is 0 Å². The molecule has 3 aromatic carbocycles. The van der Waals surface area contributed by atoms with Crippen molar-refractivity contribution >= 4 is 22.6 Å². The van der Waals surface area contributed by atoms with E-state index in [0.29, 0.717) is 28.3 Å². The van der Waals surface area contributed by atoms with Gasteiger partial charge in [0.1, 0.15) is 23.7 Å². The highest BCUT2D eigenvalue weighted by Crippen LogP contribution is 2.38. The highest BCUT2D eigenvalue weighted by atomic mass is 35.5. The molecule has 1 aliphatic heterocycles. The highest BCUT2D eigenvalue weighted by Gasteiger charge is 2.19. The second-order valence-corrected chi connectivity index (χ2v) is 9.04. The number of benzene rings is 3. The van der Waals surface area contributed by atoms with Gasteiger partial charge in [0.2, 0.25) is 0 Å². The molecule has 0 spiro atoms. The first-order valence-electron chi connectivity index (χ1n) is 11.6. The molecule has 0 radical (unpaired) electrons. The van der Waals surface area contributed by atoms with Gasteiger partial charge in [-0.1, -0.05) is 42.3 Å². The van der Waals surface area contributed by atoms with E-state index in [1.807, 2.05) is 36.4 Å². The second kappa shape index (κ2) is 9.92. The van der Waals surface area contributed by atoms with Gasteiger partial charge in [-0.15, -0.1) is 0 Å². The zero-order chi connectivity index (χ0) is 23.5. The molecule has 1 saturated heterocycles. The van der Waals surface area contributed by atoms with Crippen LogP contribution in [0.4, 0.5) is 0 Å². The third-order valence-corrected chi connectivity index (χ3v) is 6.52. The standard InChI is InChI=1S/C28H26ClNO4/c29-21-9-7-19(8-10-21)27-26(24-12-11-22(31)18-25(24)34-28(27)32)20-5-4-6-23(17-20)33-16-15-30-13-2-1-3-14-30/h4-12,17-18,31H,1-3,13-16H2. The van der Waals surface area contributed by atoms with E-state index in [9.17, 15) is 9.90 Å². The zero-order valence-corrected chi connectivity index (χ0v) is 19.6. The van der Waals surface area contributed by atoms with Crippen LogP contribution in [0.5, 0.6) is 11.5 Å². The van der Waals surface area contributed by atoms with Crippen molar-refractivity contribution in [2.75, 3.05) is 26.2 Å². The Morgan fingerprint density at radius 3 is 2.50 bits per heavy atom. The van der Waals surface area contributed by atoms with E-state index in [1.165, 1.54) is 25.3 Å². The van der Waals surface area contributed by atoms with E-state index < -0.39 is 5.63 Å². The lowest BCUT2D eigenvalue weighted by Gasteiger charge is -2.26. The van der Waals surface area contributed by atoms with Gasteiger partial charge in [-0.25, -0.2) is 4.79 Å². The molecular weight excluding hydrogens is 450 g/mol. The lowest BCUT2D eigenvalue weighted by Crippen LogP contribution is -2.33. The molecular formula is C28H26ClNO4. The Morgan fingerprint density at radius 1 is 0.912 bits per heavy atom. The summed E-state index contributed by atoms with van der Waals surface area (Å²) in [5, 5.41) is 11.3. The molecule has 0 bridgehead atoms. The molecule has 6 heteroatoms. The summed E-state index contributed by atoms with van der Waals surface area (Å²) in [5.74, 6) is 0.785. The van der Waals surface area contributed by atoms with Gasteiger partial charge < -0.3 is 14.3 Å². The predicted octanol–water partition coefficient (Wildman–Crippen LogP) is 6.35. The Morgan fingerprint density at radius 2 is 1.71 bits per heavy atom. The van der Waals surface area contributed by atoms with E-state index in [1.54, 1.807) is 24.3 Å². The Balaban J connectivity index is 1.55. The number of likely N-dealkylation sites (tertiary alicyclic amines) is 1. The monoisotopic (exact) mass is 475 g/mol. The molecule has 1 aromatic heterocycles. The third-order valence-electron chi connectivity index (χ3n) is 6.27. The quantitative estimate of drug-likeness (QED) is 0.329. The summed E-state index contributed by atoms with van der Waals surface area (Å²) in [5.41, 5.74) is 2.57. The lowest BCUT2D eigenvalue weighted by atomic mass is 9.93. The Bertz CT molecular complexity index is 1360. The van der Waals surface area contributed by atoms with Crippen LogP contribution in [0.25, 0.3) is 33.2 Å². The molecule has 0 saturated carbocycles. The molecule has 5 rings (SSSR count). The van der Waals surface area contributed by atoms with Crippen LogP contribution in [0.15, 0.2) is 75.9 Å². The first-order chi connectivity index (χ1) is 16.6. The minimum absolute atomic E-state index is 0.0376. The predicted molar refractivity (Wildman–Crippen MR) is 136 cm³/mol. The number of phenols is 1. The molecule has 1 fully saturated rings. The first-order valence-corrected chi connectivity index (χ1v) is 12.0. The first kappa shape index (κ1) is 22.5. The van der Waals surface area contributed by atoms with Gasteiger partial charge in [-0.2, -0.15) is 0 Å². The number of halogens is 1. The largest absolute Gasteiger partial charge is 0.508 e. The van der Waals surface area contributed by atoms with Gasteiger partial charge >= 0.3 is 5.63 Å². The van der Waals surface area contributed by atoms with Crippen molar-refractivity contribution in [3.05, 3.63) is 82.2 Å². The number of hydrogen-bond acceptors (Lipinski definition) is 5. The number of nitrogens with zero attached hydrogens (tertiary/aromatic N) is 1. The number of piperidine rings is 1. The van der Waals surface area contributed by atoms with Gasteiger partial charge in [0.15, 0.2) is 0 Å². The maximum Gasteiger partial charge on any atom is 0.344 e. The fourth-order valence-electron chi connectivity index (χ4n) is 4.59. The van der Waals surface area contributed by atoms with Gasteiger partial charge in [0, 0.05) is 28.6 Å². The van der Waals surface area contributed by atoms with Crippen molar-refractivity contribution in [3.63, 3.8) is 0 Å². The number of aromatic hydroxyl groups is 1. The van der Waals surface area contributed by atoms with Crippen LogP contribution >= 0.6 is 11.6 Å². The SMILES string of the molecule is O=c1oc2cc(O)ccc2c(-c2cccc(OCCN3CCCCC3)c2)c1-c1ccc(Cl)cc1. The maximum absolute atomic E-state index is 13.1. The van der Waals surface area contributed by atoms with Crippen molar-refractivity contribution < 1.29 is 14.3 Å². The maximum atomic E-state index is 13.1. The minimum Gasteiger partial charge on any atom is -0.508 e. The summed E-state index contributed by atoms with van der Waals surface area (Å²) in [4.78, 5) is 15.6. The Labute approximate surface area is 203 Å². The van der Waals surface area contributed by atoms with Crippen LogP contribution in [0.1, 0.15) is 19.3 Å². The Kier molecular flexibility index (Phi) is 6.57. The molecule has 4 aromatic rings. The van der Waals surface area contributed by atoms with Gasteiger partial charge in [-0.3, -0.25) is 4.90 Å². The number of fused-ring (bicyclic) bond motifs is 1. The lowest BCUT2D eigenvalue weighted by molar-refractivity contribution is 0.183. The molecule has 1 aliphatic rings. The summed E-state index contributed by atoms with van der Waals surface area (Å²) in [6.45, 7) is 3.77. The van der Waals surface area contributed by atoms with E-state index in [-0.39, 0.29) is 5.75 Å². The molecule has 34 heavy (non-hydrogen) atoms. The molecule has 0 unspecified atom stereocenters. The van der Waals surface area contributed by atoms with Crippen molar-refractivity contribution in [3.8, 4) is 33.8 Å². The van der Waals surface area contributed by atoms with Crippen LogP contribution < -0.4 is 10.4 Å². The Hall–Kier alpha value is -3.28. The van der Waals surface area contributed by atoms with Gasteiger partial charge in [0.25, 0.3) is 0 Å². The topological polar surface area (TPSA) is 62.9 Å². The van der Waals surface area contributed by atoms with Gasteiger partial charge in [-0.05, 0) is 73.5 Å². The van der Waals surface area contributed by atoms with E-state index in [2.05, 4.69) is 4.90 Å². The molecule has 1 N–H and O–H groups in total. The highest BCUT2D eigenvalue weighted by molar-refractivity contribution is 6.30. The average Bonchev–Trinajstić information content (AvgIpc) is 2.85. The summed E-state index contributed by atoms with van der Waals surface area (Å²) < 4.78 is 11.7. The van der Waals surface area contributed by atoms with Crippen molar-refractivity contribution in [2.45, 2.75) is 19.3 Å². The van der Waals surface area contributed by atoms with Gasteiger partial charge in [0.05, 0.1) is 5.56 Å².